The zero-order valence-electron chi connectivity index (χ0n) is 23.2. The molecule has 210 valence electrons. The fraction of sp³-hybridized carbons (Fsp3) is 0.357. The number of fused-ring (bicyclic) bond motifs is 2. The summed E-state index contributed by atoms with van der Waals surface area (Å²) in [6, 6.07) is 10.1. The van der Waals surface area contributed by atoms with Crippen LogP contribution in [0, 0.1) is 11.3 Å². The van der Waals surface area contributed by atoms with Crippen molar-refractivity contribution in [2.75, 3.05) is 18.1 Å². The molecule has 41 heavy (non-hydrogen) atoms. The molecular weight excluding hydrogens is 558 g/mol. The quantitative estimate of drug-likeness (QED) is 0.187. The van der Waals surface area contributed by atoms with Crippen LogP contribution < -0.4 is 10.5 Å². The van der Waals surface area contributed by atoms with Gasteiger partial charge in [-0.2, -0.15) is 10.4 Å². The second-order valence-corrected chi connectivity index (χ2v) is 17.4. The van der Waals surface area contributed by atoms with Crippen LogP contribution in [0.3, 0.4) is 0 Å². The molecule has 1 unspecified atom stereocenters. The highest BCUT2D eigenvalue weighted by molar-refractivity contribution is 6.76. The molecule has 0 aromatic carbocycles. The smallest absolute Gasteiger partial charge is 0.285 e. The number of nitrogens with zero attached hydrogens (tertiary/aromatic N) is 9. The standard InChI is InChI=1S/C28H30ClN9O2Si/c1-41(2,3)14-13-40-18-35-16-19(15-30)23-26(35)32-17-33-27(23)36-11-6-7-21(36)25-34-37-12-9-20(29)24(37)28(39)38(25)22-8-4-5-10-31-22/h4-5,8-10,12,16-17,21H,6-7,11,13-14,18H2,1-3H3. The molecule has 1 aliphatic rings. The number of halogens is 1. The Labute approximate surface area is 242 Å². The van der Waals surface area contributed by atoms with Gasteiger partial charge in [-0.25, -0.2) is 24.0 Å². The van der Waals surface area contributed by atoms with Crippen LogP contribution >= 0.6 is 11.6 Å². The molecule has 6 heterocycles. The monoisotopic (exact) mass is 587 g/mol. The van der Waals surface area contributed by atoms with Crippen LogP contribution in [0.5, 0.6) is 0 Å². The van der Waals surface area contributed by atoms with Gasteiger partial charge in [0.15, 0.2) is 5.82 Å². The van der Waals surface area contributed by atoms with E-state index in [0.717, 1.165) is 18.9 Å². The molecule has 0 radical (unpaired) electrons. The molecule has 0 amide bonds. The van der Waals surface area contributed by atoms with E-state index in [1.54, 1.807) is 36.8 Å². The minimum atomic E-state index is -1.23. The number of anilines is 1. The molecule has 11 nitrogen and oxygen atoms in total. The third kappa shape index (κ3) is 5.01. The summed E-state index contributed by atoms with van der Waals surface area (Å²) >= 11 is 6.38. The minimum absolute atomic E-state index is 0.285. The highest BCUT2D eigenvalue weighted by Gasteiger charge is 2.34. The molecule has 5 aromatic heterocycles. The van der Waals surface area contributed by atoms with Crippen molar-refractivity contribution < 1.29 is 4.74 Å². The lowest BCUT2D eigenvalue weighted by Crippen LogP contribution is -2.33. The van der Waals surface area contributed by atoms with Crippen LogP contribution in [0.2, 0.25) is 30.7 Å². The highest BCUT2D eigenvalue weighted by atomic mass is 35.5. The van der Waals surface area contributed by atoms with Gasteiger partial charge in [0.05, 0.1) is 22.0 Å². The van der Waals surface area contributed by atoms with E-state index in [4.69, 9.17) is 21.4 Å². The third-order valence-electron chi connectivity index (χ3n) is 7.34. The number of rotatable bonds is 8. The van der Waals surface area contributed by atoms with E-state index in [1.165, 1.54) is 15.4 Å². The molecule has 0 N–H and O–H groups in total. The van der Waals surface area contributed by atoms with Crippen molar-refractivity contribution in [2.24, 2.45) is 0 Å². The largest absolute Gasteiger partial charge is 0.361 e. The molecule has 0 saturated carbocycles. The minimum Gasteiger partial charge on any atom is -0.361 e. The maximum Gasteiger partial charge on any atom is 0.285 e. The van der Waals surface area contributed by atoms with E-state index in [0.29, 0.717) is 59.0 Å². The van der Waals surface area contributed by atoms with E-state index in [-0.39, 0.29) is 17.1 Å². The summed E-state index contributed by atoms with van der Waals surface area (Å²) in [5.74, 6) is 1.60. The van der Waals surface area contributed by atoms with Gasteiger partial charge >= 0.3 is 0 Å². The number of hydrogen-bond acceptors (Lipinski definition) is 8. The van der Waals surface area contributed by atoms with Crippen molar-refractivity contribution in [1.29, 1.82) is 5.26 Å². The topological polar surface area (TPSA) is 119 Å². The maximum atomic E-state index is 13.8. The Morgan fingerprint density at radius 2 is 2.05 bits per heavy atom. The summed E-state index contributed by atoms with van der Waals surface area (Å²) in [5, 5.41) is 15.9. The predicted octanol–water partition coefficient (Wildman–Crippen LogP) is 4.80. The first-order valence-electron chi connectivity index (χ1n) is 13.6. The fourth-order valence-electron chi connectivity index (χ4n) is 5.31. The molecule has 1 saturated heterocycles. The van der Waals surface area contributed by atoms with E-state index >= 15 is 0 Å². The molecule has 5 aromatic rings. The molecule has 1 aliphatic heterocycles. The molecular formula is C28H30ClN9O2Si. The average Bonchev–Trinajstić information content (AvgIpc) is 3.68. The average molecular weight is 588 g/mol. The second-order valence-electron chi connectivity index (χ2n) is 11.4. The van der Waals surface area contributed by atoms with Crippen LogP contribution in [-0.4, -0.2) is 54.9 Å². The zero-order valence-corrected chi connectivity index (χ0v) is 24.9. The van der Waals surface area contributed by atoms with E-state index in [2.05, 4.69) is 45.6 Å². The van der Waals surface area contributed by atoms with Crippen molar-refractivity contribution in [1.82, 2.24) is 33.7 Å². The van der Waals surface area contributed by atoms with Gasteiger partial charge in [0.1, 0.15) is 41.9 Å². The van der Waals surface area contributed by atoms with E-state index in [9.17, 15) is 10.1 Å². The van der Waals surface area contributed by atoms with Gasteiger partial charge in [0.2, 0.25) is 0 Å². The summed E-state index contributed by atoms with van der Waals surface area (Å²) < 4.78 is 10.9. The van der Waals surface area contributed by atoms with Crippen molar-refractivity contribution in [2.45, 2.75) is 51.3 Å². The van der Waals surface area contributed by atoms with Crippen LogP contribution in [-0.2, 0) is 11.5 Å². The van der Waals surface area contributed by atoms with Gasteiger partial charge in [-0.05, 0) is 37.1 Å². The number of pyridine rings is 1. The molecule has 0 spiro atoms. The van der Waals surface area contributed by atoms with Gasteiger partial charge in [-0.1, -0.05) is 37.3 Å². The fourth-order valence-corrected chi connectivity index (χ4v) is 6.29. The molecule has 1 atom stereocenters. The lowest BCUT2D eigenvalue weighted by molar-refractivity contribution is 0.0898. The Bertz CT molecular complexity index is 1840. The first-order valence-corrected chi connectivity index (χ1v) is 17.6. The summed E-state index contributed by atoms with van der Waals surface area (Å²) in [7, 11) is -1.23. The van der Waals surface area contributed by atoms with Crippen molar-refractivity contribution in [3.05, 3.63) is 75.9 Å². The SMILES string of the molecule is C[Si](C)(C)CCOCn1cc(C#N)c2c(N3CCCC3c3nn4ccc(Cl)c4c(=O)n3-c3ccccn3)ncnc21. The van der Waals surface area contributed by atoms with Gasteiger partial charge < -0.3 is 14.2 Å². The predicted molar refractivity (Wildman–Crippen MR) is 159 cm³/mol. The lowest BCUT2D eigenvalue weighted by Gasteiger charge is -2.27. The van der Waals surface area contributed by atoms with Crippen LogP contribution in [0.25, 0.3) is 22.4 Å². The van der Waals surface area contributed by atoms with Crippen LogP contribution in [0.1, 0.15) is 30.3 Å². The van der Waals surface area contributed by atoms with Gasteiger partial charge in [0, 0.05) is 39.8 Å². The Hall–Kier alpha value is -4.05. The molecule has 0 bridgehead atoms. The molecule has 13 heteroatoms. The summed E-state index contributed by atoms with van der Waals surface area (Å²) in [5.41, 5.74) is 1.08. The van der Waals surface area contributed by atoms with Crippen molar-refractivity contribution in [3.63, 3.8) is 0 Å². The maximum absolute atomic E-state index is 13.8. The summed E-state index contributed by atoms with van der Waals surface area (Å²) in [6.07, 6.45) is 8.20. The van der Waals surface area contributed by atoms with Gasteiger partial charge in [-0.15, -0.1) is 0 Å². The molecule has 1 fully saturated rings. The normalized spacial score (nSPS) is 15.7. The van der Waals surface area contributed by atoms with E-state index in [1.807, 2.05) is 10.6 Å². The van der Waals surface area contributed by atoms with Crippen molar-refractivity contribution in [3.8, 4) is 11.9 Å². The third-order valence-corrected chi connectivity index (χ3v) is 9.35. The number of ether oxygens (including phenoxy) is 1. The summed E-state index contributed by atoms with van der Waals surface area (Å²) in [4.78, 5) is 29.6. The highest BCUT2D eigenvalue weighted by Crippen LogP contribution is 2.39. The summed E-state index contributed by atoms with van der Waals surface area (Å²) in [6.45, 7) is 8.56. The van der Waals surface area contributed by atoms with Crippen LogP contribution in [0.15, 0.2) is 54.0 Å². The van der Waals surface area contributed by atoms with Gasteiger partial charge in [-0.3, -0.25) is 4.79 Å². The lowest BCUT2D eigenvalue weighted by atomic mass is 10.1. The Morgan fingerprint density at radius 3 is 2.80 bits per heavy atom. The van der Waals surface area contributed by atoms with E-state index < -0.39 is 8.07 Å². The Morgan fingerprint density at radius 1 is 1.20 bits per heavy atom. The molecule has 0 aliphatic carbocycles. The number of hydrogen-bond donors (Lipinski definition) is 0. The number of aromatic nitrogens is 7. The van der Waals surface area contributed by atoms with Crippen molar-refractivity contribution >= 4 is 42.0 Å². The van der Waals surface area contributed by atoms with Gasteiger partial charge in [0.25, 0.3) is 5.56 Å². The zero-order chi connectivity index (χ0) is 28.7. The Balaban J connectivity index is 1.44. The Kier molecular flexibility index (Phi) is 7.10. The first-order chi connectivity index (χ1) is 19.8. The second kappa shape index (κ2) is 10.7. The van der Waals surface area contributed by atoms with Crippen LogP contribution in [0.4, 0.5) is 5.82 Å². The first kappa shape index (κ1) is 27.1. The number of nitriles is 1. The molecule has 6 rings (SSSR count).